The van der Waals surface area contributed by atoms with Crippen LogP contribution in [0.4, 0.5) is 4.39 Å². The molecular weight excluding hydrogens is 457 g/mol. The first-order chi connectivity index (χ1) is 17.1. The van der Waals surface area contributed by atoms with Crippen molar-refractivity contribution >= 4 is 11.9 Å². The van der Waals surface area contributed by atoms with Gasteiger partial charge in [0.05, 0.1) is 12.2 Å². The summed E-state index contributed by atoms with van der Waals surface area (Å²) in [5.74, 6) is 2.09. The van der Waals surface area contributed by atoms with Crippen molar-refractivity contribution in [2.45, 2.75) is 103 Å². The van der Waals surface area contributed by atoms with Crippen molar-refractivity contribution in [2.24, 2.45) is 23.2 Å². The molecule has 1 atom stereocenters. The Morgan fingerprint density at radius 3 is 2.25 bits per heavy atom. The summed E-state index contributed by atoms with van der Waals surface area (Å²) in [4.78, 5) is 27.7. The maximum atomic E-state index is 15.5. The van der Waals surface area contributed by atoms with E-state index in [1.54, 1.807) is 6.07 Å². The number of hydrogen-bond acceptors (Lipinski definition) is 4. The number of carbonyl (C=O) groups is 2. The molecule has 0 aromatic heterocycles. The molecule has 0 N–H and O–H groups in total. The molecule has 7 rings (SSSR count). The molecular formula is C30H40FNO4. The summed E-state index contributed by atoms with van der Waals surface area (Å²) < 4.78 is 27.4. The molecule has 1 saturated heterocycles. The van der Waals surface area contributed by atoms with Gasteiger partial charge in [-0.05, 0) is 120 Å². The van der Waals surface area contributed by atoms with Crippen LogP contribution in [0.3, 0.4) is 0 Å². The van der Waals surface area contributed by atoms with E-state index in [2.05, 4.69) is 0 Å². The molecule has 1 amide bonds. The fourth-order valence-corrected chi connectivity index (χ4v) is 8.05. The molecule has 6 fully saturated rings. The van der Waals surface area contributed by atoms with Crippen molar-refractivity contribution in [1.82, 2.24) is 4.90 Å². The summed E-state index contributed by atoms with van der Waals surface area (Å²) >= 11 is 0. The van der Waals surface area contributed by atoms with Crippen LogP contribution in [0.2, 0.25) is 0 Å². The topological polar surface area (TPSA) is 55.8 Å². The second-order valence-electron chi connectivity index (χ2n) is 13.5. The van der Waals surface area contributed by atoms with E-state index in [4.69, 9.17) is 9.47 Å². The first-order valence-corrected chi connectivity index (χ1v) is 14.1. The number of nitrogens with zero attached hydrogens (tertiary/aromatic N) is 1. The Morgan fingerprint density at radius 1 is 1.03 bits per heavy atom. The van der Waals surface area contributed by atoms with E-state index in [0.717, 1.165) is 36.2 Å². The molecule has 1 heterocycles. The van der Waals surface area contributed by atoms with Gasteiger partial charge in [0.15, 0.2) is 0 Å². The predicted octanol–water partition coefficient (Wildman–Crippen LogP) is 6.24. The quantitative estimate of drug-likeness (QED) is 0.436. The Morgan fingerprint density at radius 2 is 1.67 bits per heavy atom. The fraction of sp³-hybridized carbons (Fsp3) is 0.733. The lowest BCUT2D eigenvalue weighted by Gasteiger charge is -2.56. The zero-order chi connectivity index (χ0) is 25.2. The number of carbonyl (C=O) groups excluding carboxylic acids is 2. The SMILES string of the molecule is CC(C)(C)OC(=O)[C@@H]1CCCN1C(=O)c1cc(C2CC2)c(OCC23CC4CC(CC(C4)C2)C3)cc1F. The van der Waals surface area contributed by atoms with Crippen LogP contribution in [0.5, 0.6) is 5.75 Å². The fourth-order valence-electron chi connectivity index (χ4n) is 8.05. The number of hydrogen-bond donors (Lipinski definition) is 0. The van der Waals surface area contributed by atoms with Crippen LogP contribution < -0.4 is 4.74 Å². The minimum absolute atomic E-state index is 0.0505. The second kappa shape index (κ2) is 8.73. The summed E-state index contributed by atoms with van der Waals surface area (Å²) in [5, 5.41) is 0. The first-order valence-electron chi connectivity index (χ1n) is 14.1. The Hall–Kier alpha value is -2.11. The number of amides is 1. The van der Waals surface area contributed by atoms with Gasteiger partial charge in [-0.2, -0.15) is 0 Å². The average molecular weight is 498 g/mol. The molecule has 0 radical (unpaired) electrons. The number of halogens is 1. The Labute approximate surface area is 214 Å². The van der Waals surface area contributed by atoms with E-state index in [-0.39, 0.29) is 11.0 Å². The molecule has 5 nitrogen and oxygen atoms in total. The zero-order valence-corrected chi connectivity index (χ0v) is 22.0. The molecule has 36 heavy (non-hydrogen) atoms. The van der Waals surface area contributed by atoms with Crippen LogP contribution in [0, 0.1) is 29.0 Å². The van der Waals surface area contributed by atoms with Crippen molar-refractivity contribution in [3.8, 4) is 5.75 Å². The van der Waals surface area contributed by atoms with Gasteiger partial charge in [0.2, 0.25) is 0 Å². The predicted molar refractivity (Wildman–Crippen MR) is 134 cm³/mol. The molecule has 6 heteroatoms. The lowest BCUT2D eigenvalue weighted by atomic mass is 9.50. The maximum absolute atomic E-state index is 15.5. The van der Waals surface area contributed by atoms with Crippen LogP contribution in [0.15, 0.2) is 12.1 Å². The number of esters is 1. The molecule has 1 aromatic carbocycles. The second-order valence-corrected chi connectivity index (χ2v) is 13.5. The van der Waals surface area contributed by atoms with Crippen molar-refractivity contribution in [3.63, 3.8) is 0 Å². The van der Waals surface area contributed by atoms with Crippen molar-refractivity contribution in [2.75, 3.05) is 13.2 Å². The summed E-state index contributed by atoms with van der Waals surface area (Å²) in [5.41, 5.74) is 0.623. The van der Waals surface area contributed by atoms with Crippen LogP contribution in [-0.2, 0) is 9.53 Å². The van der Waals surface area contributed by atoms with E-state index in [9.17, 15) is 9.59 Å². The van der Waals surface area contributed by atoms with Crippen LogP contribution in [0.25, 0.3) is 0 Å². The Balaban J connectivity index is 1.21. The van der Waals surface area contributed by atoms with Crippen molar-refractivity contribution in [3.05, 3.63) is 29.1 Å². The zero-order valence-electron chi connectivity index (χ0n) is 22.0. The molecule has 0 unspecified atom stereocenters. The van der Waals surface area contributed by atoms with Crippen LogP contribution in [0.1, 0.15) is 107 Å². The molecule has 0 spiro atoms. The smallest absolute Gasteiger partial charge is 0.329 e. The number of ether oxygens (including phenoxy) is 2. The molecule has 6 aliphatic rings. The summed E-state index contributed by atoms with van der Waals surface area (Å²) in [6.07, 6.45) is 11.2. The Bertz CT molecular complexity index is 1020. The van der Waals surface area contributed by atoms with Crippen molar-refractivity contribution < 1.29 is 23.5 Å². The normalized spacial score (nSPS) is 33.2. The van der Waals surface area contributed by atoms with E-state index < -0.39 is 29.3 Å². The highest BCUT2D eigenvalue weighted by molar-refractivity contribution is 5.98. The van der Waals surface area contributed by atoms with Gasteiger partial charge in [-0.3, -0.25) is 4.79 Å². The molecule has 1 aliphatic heterocycles. The van der Waals surface area contributed by atoms with Crippen molar-refractivity contribution in [1.29, 1.82) is 0 Å². The largest absolute Gasteiger partial charge is 0.493 e. The summed E-state index contributed by atoms with van der Waals surface area (Å²) in [6.45, 7) is 6.54. The van der Waals surface area contributed by atoms with Crippen LogP contribution in [-0.4, -0.2) is 41.6 Å². The first kappa shape index (κ1) is 24.2. The monoisotopic (exact) mass is 497 g/mol. The summed E-state index contributed by atoms with van der Waals surface area (Å²) in [6, 6.07) is 2.50. The van der Waals surface area contributed by atoms with Gasteiger partial charge in [0.1, 0.15) is 23.2 Å². The highest BCUT2D eigenvalue weighted by Gasteiger charge is 2.51. The number of rotatable bonds is 6. The van der Waals surface area contributed by atoms with E-state index in [1.807, 2.05) is 20.8 Å². The van der Waals surface area contributed by atoms with Crippen LogP contribution >= 0.6 is 0 Å². The third-order valence-electron chi connectivity index (χ3n) is 9.24. The van der Waals surface area contributed by atoms with Gasteiger partial charge in [0, 0.05) is 18.0 Å². The minimum atomic E-state index is -0.660. The number of benzene rings is 1. The standard InChI is InChI=1S/C30H40FNO4/c1-29(2,3)36-28(34)25-5-4-8-32(25)27(33)23-12-22(21-6-7-21)26(13-24(23)31)35-17-30-14-18-9-19(15-30)11-20(10-18)16-30/h12-13,18-21,25H,4-11,14-17H2,1-3H3/t18?,19?,20?,25-,30?/m0/s1. The van der Waals surface area contributed by atoms with Gasteiger partial charge in [0.25, 0.3) is 5.91 Å². The van der Waals surface area contributed by atoms with E-state index >= 15 is 4.39 Å². The average Bonchev–Trinajstić information content (AvgIpc) is 3.50. The maximum Gasteiger partial charge on any atom is 0.329 e. The van der Waals surface area contributed by atoms with E-state index in [1.165, 1.54) is 49.5 Å². The molecule has 1 aromatic rings. The lowest BCUT2D eigenvalue weighted by molar-refractivity contribution is -0.159. The molecule has 4 bridgehead atoms. The van der Waals surface area contributed by atoms with Gasteiger partial charge in [-0.25, -0.2) is 9.18 Å². The minimum Gasteiger partial charge on any atom is -0.493 e. The highest BCUT2D eigenvalue weighted by atomic mass is 19.1. The highest BCUT2D eigenvalue weighted by Crippen LogP contribution is 2.60. The van der Waals surface area contributed by atoms with Gasteiger partial charge in [-0.15, -0.1) is 0 Å². The Kier molecular flexibility index (Phi) is 5.88. The molecule has 196 valence electrons. The third-order valence-corrected chi connectivity index (χ3v) is 9.24. The van der Waals surface area contributed by atoms with Gasteiger partial charge in [-0.1, -0.05) is 0 Å². The van der Waals surface area contributed by atoms with E-state index in [0.29, 0.717) is 37.7 Å². The third kappa shape index (κ3) is 4.65. The van der Waals surface area contributed by atoms with Gasteiger partial charge >= 0.3 is 5.97 Å². The molecule has 5 saturated carbocycles. The molecule has 5 aliphatic carbocycles. The number of likely N-dealkylation sites (tertiary alicyclic amines) is 1. The van der Waals surface area contributed by atoms with Gasteiger partial charge < -0.3 is 14.4 Å². The summed E-state index contributed by atoms with van der Waals surface area (Å²) in [7, 11) is 0. The lowest BCUT2D eigenvalue weighted by Crippen LogP contribution is -2.48.